The number of anilines is 1. The average Bonchev–Trinajstić information content (AvgIpc) is 3.04. The molecule has 1 aliphatic heterocycles. The number of ether oxygens (including phenoxy) is 1. The first-order valence-electron chi connectivity index (χ1n) is 9.04. The molecule has 8 heteroatoms. The van der Waals surface area contributed by atoms with Crippen LogP contribution < -0.4 is 9.64 Å². The van der Waals surface area contributed by atoms with Crippen LogP contribution >= 0.6 is 0 Å². The molecule has 1 aliphatic rings. The van der Waals surface area contributed by atoms with Crippen molar-refractivity contribution in [2.24, 2.45) is 0 Å². The fraction of sp³-hybridized carbons (Fsp3) is 0.300. The van der Waals surface area contributed by atoms with E-state index in [1.165, 1.54) is 0 Å². The summed E-state index contributed by atoms with van der Waals surface area (Å²) in [7, 11) is 1.60. The van der Waals surface area contributed by atoms with Gasteiger partial charge in [0.2, 0.25) is 11.7 Å². The Labute approximate surface area is 162 Å². The van der Waals surface area contributed by atoms with Gasteiger partial charge in [0.25, 0.3) is 5.91 Å². The number of piperazine rings is 1. The van der Waals surface area contributed by atoms with Gasteiger partial charge in [-0.2, -0.15) is 0 Å². The number of hydrogen-bond donors (Lipinski definition) is 0. The summed E-state index contributed by atoms with van der Waals surface area (Å²) in [6.45, 7) is 4.16. The van der Waals surface area contributed by atoms with Gasteiger partial charge in [-0.3, -0.25) is 14.0 Å². The lowest BCUT2D eigenvalue weighted by Crippen LogP contribution is -2.57. The molecule has 3 heterocycles. The molecule has 0 spiro atoms. The van der Waals surface area contributed by atoms with Crippen molar-refractivity contribution >= 4 is 23.3 Å². The molecule has 2 amide bonds. The Bertz CT molecular complexity index is 1040. The topological polar surface area (TPSA) is 80.0 Å². The maximum atomic E-state index is 13.2. The second-order valence-corrected chi connectivity index (χ2v) is 6.82. The molecule has 2 aromatic heterocycles. The van der Waals surface area contributed by atoms with Crippen LogP contribution in [0, 0.1) is 6.92 Å². The molecule has 1 fully saturated rings. The molecule has 0 unspecified atom stereocenters. The quantitative estimate of drug-likeness (QED) is 0.695. The van der Waals surface area contributed by atoms with Crippen molar-refractivity contribution in [2.45, 2.75) is 19.9 Å². The zero-order valence-electron chi connectivity index (χ0n) is 16.0. The average molecular weight is 379 g/mol. The predicted molar refractivity (Wildman–Crippen MR) is 104 cm³/mol. The van der Waals surface area contributed by atoms with E-state index in [0.29, 0.717) is 23.7 Å². The van der Waals surface area contributed by atoms with Crippen LogP contribution in [-0.2, 0) is 4.79 Å². The molecule has 0 N–H and O–H groups in total. The van der Waals surface area contributed by atoms with Crippen LogP contribution in [0.15, 0.2) is 42.7 Å². The summed E-state index contributed by atoms with van der Waals surface area (Å²) in [5.74, 6) is 0.864. The Hall–Kier alpha value is -3.42. The summed E-state index contributed by atoms with van der Waals surface area (Å²) in [4.78, 5) is 37.9. The first-order valence-corrected chi connectivity index (χ1v) is 9.04. The molecule has 1 atom stereocenters. The number of aromatic nitrogens is 3. The molecule has 144 valence electrons. The van der Waals surface area contributed by atoms with Crippen LogP contribution in [0.25, 0.3) is 5.78 Å². The first kappa shape index (κ1) is 18.0. The normalized spacial score (nSPS) is 17.2. The lowest BCUT2D eigenvalue weighted by atomic mass is 10.1. The van der Waals surface area contributed by atoms with Crippen LogP contribution in [0.3, 0.4) is 0 Å². The highest BCUT2D eigenvalue weighted by Crippen LogP contribution is 2.24. The summed E-state index contributed by atoms with van der Waals surface area (Å²) >= 11 is 0. The van der Waals surface area contributed by atoms with Gasteiger partial charge in [0.1, 0.15) is 18.0 Å². The number of fused-ring (bicyclic) bond motifs is 1. The summed E-state index contributed by atoms with van der Waals surface area (Å²) in [5, 5.41) is 0. The molecule has 1 aromatic carbocycles. The van der Waals surface area contributed by atoms with E-state index in [9.17, 15) is 9.59 Å². The van der Waals surface area contributed by atoms with Crippen molar-refractivity contribution in [1.29, 1.82) is 0 Å². The van der Waals surface area contributed by atoms with Crippen molar-refractivity contribution in [3.8, 4) is 5.75 Å². The molecular formula is C20H21N5O3. The number of amides is 2. The van der Waals surface area contributed by atoms with Crippen LogP contribution in [-0.4, -0.2) is 57.3 Å². The largest absolute Gasteiger partial charge is 0.497 e. The highest BCUT2D eigenvalue weighted by atomic mass is 16.5. The minimum absolute atomic E-state index is 0.0129. The van der Waals surface area contributed by atoms with Gasteiger partial charge in [-0.1, -0.05) is 0 Å². The molecule has 0 radical (unpaired) electrons. The molecule has 0 saturated carbocycles. The maximum absolute atomic E-state index is 13.2. The van der Waals surface area contributed by atoms with Gasteiger partial charge >= 0.3 is 0 Å². The van der Waals surface area contributed by atoms with Crippen molar-refractivity contribution in [3.63, 3.8) is 0 Å². The molecule has 8 nitrogen and oxygen atoms in total. The van der Waals surface area contributed by atoms with Gasteiger partial charge in [-0.05, 0) is 44.2 Å². The Morgan fingerprint density at radius 1 is 1.25 bits per heavy atom. The number of carbonyl (C=O) groups excluding carboxylic acids is 2. The van der Waals surface area contributed by atoms with Gasteiger partial charge in [0, 0.05) is 30.7 Å². The molecule has 1 saturated heterocycles. The zero-order valence-corrected chi connectivity index (χ0v) is 16.0. The number of benzene rings is 1. The minimum Gasteiger partial charge on any atom is -0.497 e. The number of methoxy groups -OCH3 is 1. The summed E-state index contributed by atoms with van der Waals surface area (Å²) in [6, 6.07) is 8.94. The third-order valence-electron chi connectivity index (χ3n) is 5.01. The maximum Gasteiger partial charge on any atom is 0.273 e. The minimum atomic E-state index is -0.215. The summed E-state index contributed by atoms with van der Waals surface area (Å²) < 4.78 is 6.84. The highest BCUT2D eigenvalue weighted by Gasteiger charge is 2.35. The van der Waals surface area contributed by atoms with Crippen LogP contribution in [0.4, 0.5) is 5.69 Å². The van der Waals surface area contributed by atoms with Crippen molar-refractivity contribution in [2.75, 3.05) is 25.1 Å². The van der Waals surface area contributed by atoms with Crippen LogP contribution in [0.1, 0.15) is 23.1 Å². The Balaban J connectivity index is 1.59. The second kappa shape index (κ2) is 6.95. The number of aryl methyl sites for hydroxylation is 1. The first-order chi connectivity index (χ1) is 13.5. The van der Waals surface area contributed by atoms with E-state index < -0.39 is 0 Å². The van der Waals surface area contributed by atoms with E-state index in [-0.39, 0.29) is 24.4 Å². The molecular weight excluding hydrogens is 358 g/mol. The molecule has 4 rings (SSSR count). The predicted octanol–water partition coefficient (Wildman–Crippen LogP) is 1.92. The van der Waals surface area contributed by atoms with Crippen molar-refractivity contribution < 1.29 is 14.3 Å². The number of imidazole rings is 1. The monoisotopic (exact) mass is 379 g/mol. The number of rotatable bonds is 3. The number of hydrogen-bond acceptors (Lipinski definition) is 5. The van der Waals surface area contributed by atoms with Crippen LogP contribution in [0.5, 0.6) is 5.75 Å². The van der Waals surface area contributed by atoms with Crippen molar-refractivity contribution in [3.05, 3.63) is 54.1 Å². The Morgan fingerprint density at radius 2 is 2.00 bits per heavy atom. The summed E-state index contributed by atoms with van der Waals surface area (Å²) in [5.41, 5.74) is 1.83. The van der Waals surface area contributed by atoms with E-state index in [1.54, 1.807) is 46.7 Å². The second-order valence-electron chi connectivity index (χ2n) is 6.82. The van der Waals surface area contributed by atoms with E-state index in [1.807, 2.05) is 31.2 Å². The number of nitrogens with zero attached hydrogens (tertiary/aromatic N) is 5. The fourth-order valence-electron chi connectivity index (χ4n) is 3.53. The van der Waals surface area contributed by atoms with E-state index in [0.717, 1.165) is 11.4 Å². The Kier molecular flexibility index (Phi) is 4.46. The molecule has 0 bridgehead atoms. The third kappa shape index (κ3) is 2.96. The standard InChI is InChI=1S/C20H21N5O3/c1-13-11-25(15-5-7-16(28-3)8-6-15)17(26)12-24(13)19(27)18-14(2)22-20-21-9-4-10-23(18)20/h4-10,13H,11-12H2,1-3H3/t13-/m1/s1. The zero-order chi connectivity index (χ0) is 19.8. The van der Waals surface area contributed by atoms with Crippen molar-refractivity contribution in [1.82, 2.24) is 19.3 Å². The van der Waals surface area contributed by atoms with Gasteiger partial charge < -0.3 is 14.5 Å². The fourth-order valence-corrected chi connectivity index (χ4v) is 3.53. The smallest absolute Gasteiger partial charge is 0.273 e. The lowest BCUT2D eigenvalue weighted by molar-refractivity contribution is -0.121. The van der Waals surface area contributed by atoms with Gasteiger partial charge in [-0.15, -0.1) is 0 Å². The summed E-state index contributed by atoms with van der Waals surface area (Å²) in [6.07, 6.45) is 3.39. The van der Waals surface area contributed by atoms with Gasteiger partial charge in [0.15, 0.2) is 0 Å². The highest BCUT2D eigenvalue weighted by molar-refractivity contribution is 6.02. The van der Waals surface area contributed by atoms with E-state index in [2.05, 4.69) is 9.97 Å². The van der Waals surface area contributed by atoms with E-state index >= 15 is 0 Å². The molecule has 3 aromatic rings. The number of carbonyl (C=O) groups is 2. The lowest BCUT2D eigenvalue weighted by Gasteiger charge is -2.39. The van der Waals surface area contributed by atoms with Crippen LogP contribution in [0.2, 0.25) is 0 Å². The van der Waals surface area contributed by atoms with Gasteiger partial charge in [0.05, 0.1) is 12.8 Å². The van der Waals surface area contributed by atoms with E-state index in [4.69, 9.17) is 4.74 Å². The molecule has 28 heavy (non-hydrogen) atoms. The Morgan fingerprint density at radius 3 is 2.71 bits per heavy atom. The van der Waals surface area contributed by atoms with Gasteiger partial charge in [-0.25, -0.2) is 9.97 Å². The third-order valence-corrected chi connectivity index (χ3v) is 5.01. The molecule has 0 aliphatic carbocycles. The SMILES string of the molecule is COc1ccc(N2C[C@@H](C)N(C(=O)c3c(C)nc4ncccn34)CC2=O)cc1.